The Bertz CT molecular complexity index is 1070. The Morgan fingerprint density at radius 2 is 1.81 bits per heavy atom. The van der Waals surface area contributed by atoms with Crippen LogP contribution in [0.15, 0.2) is 35.3 Å². The molecule has 0 amide bonds. The van der Waals surface area contributed by atoms with Crippen LogP contribution < -0.4 is 5.43 Å². The number of halogens is 4. The van der Waals surface area contributed by atoms with Gasteiger partial charge in [-0.05, 0) is 18.2 Å². The second kappa shape index (κ2) is 7.57. The number of carboxylic acids is 1. The Labute approximate surface area is 150 Å². The largest absolute Gasteiger partial charge is 0.477 e. The van der Waals surface area contributed by atoms with Crippen LogP contribution in [0, 0.1) is 17.5 Å². The monoisotopic (exact) mass is 384 g/mol. The molecule has 0 saturated heterocycles. The van der Waals surface area contributed by atoms with E-state index in [-0.39, 0.29) is 11.3 Å². The number of rotatable bonds is 2. The molecule has 1 aromatic carbocycles. The van der Waals surface area contributed by atoms with E-state index in [1.165, 1.54) is 0 Å². The van der Waals surface area contributed by atoms with E-state index >= 15 is 0 Å². The highest BCUT2D eigenvalue weighted by molar-refractivity contribution is 6.29. The minimum Gasteiger partial charge on any atom is -0.477 e. The highest BCUT2D eigenvalue weighted by Gasteiger charge is 2.19. The molecule has 26 heavy (non-hydrogen) atoms. The summed E-state index contributed by atoms with van der Waals surface area (Å²) < 4.78 is 41.7. The summed E-state index contributed by atoms with van der Waals surface area (Å²) in [7, 11) is 0. The average Bonchev–Trinajstić information content (AvgIpc) is 2.59. The number of aromatic carboxylic acids is 1. The molecule has 3 rings (SSSR count). The van der Waals surface area contributed by atoms with Crippen LogP contribution in [-0.2, 0) is 0 Å². The van der Waals surface area contributed by atoms with E-state index in [2.05, 4.69) is 4.98 Å². The van der Waals surface area contributed by atoms with Crippen LogP contribution in [0.5, 0.6) is 0 Å². The Morgan fingerprint density at radius 3 is 2.38 bits per heavy atom. The number of benzene rings is 1. The number of hydrogen-bond acceptors (Lipinski definition) is 3. The zero-order valence-corrected chi connectivity index (χ0v) is 14.3. The number of carbonyl (C=O) groups is 1. The Kier molecular flexibility index (Phi) is 5.66. The minimum atomic E-state index is -1.59. The normalized spacial score (nSPS) is 10.4. The molecule has 3 aromatic rings. The van der Waals surface area contributed by atoms with Gasteiger partial charge >= 0.3 is 5.97 Å². The molecule has 0 saturated carbocycles. The fourth-order valence-corrected chi connectivity index (χ4v) is 2.35. The molecule has 0 atom stereocenters. The van der Waals surface area contributed by atoms with Gasteiger partial charge in [-0.1, -0.05) is 25.4 Å². The van der Waals surface area contributed by atoms with E-state index in [0.29, 0.717) is 6.07 Å². The molecule has 5 nitrogen and oxygen atoms in total. The number of hydrogen-bond donors (Lipinski definition) is 1. The van der Waals surface area contributed by atoms with Gasteiger partial charge in [0.25, 0.3) is 0 Å². The minimum absolute atomic E-state index is 0.262. The summed E-state index contributed by atoms with van der Waals surface area (Å²) in [4.78, 5) is 27.1. The van der Waals surface area contributed by atoms with Gasteiger partial charge in [0.15, 0.2) is 16.6 Å². The molecule has 0 aliphatic heterocycles. The summed E-state index contributed by atoms with van der Waals surface area (Å²) in [5.74, 6) is -4.50. The third-order valence-corrected chi connectivity index (χ3v) is 3.55. The van der Waals surface area contributed by atoms with Crippen molar-refractivity contribution in [2.75, 3.05) is 0 Å². The highest BCUT2D eigenvalue weighted by atomic mass is 35.5. The molecule has 2 aromatic heterocycles. The lowest BCUT2D eigenvalue weighted by Gasteiger charge is -2.13. The zero-order chi connectivity index (χ0) is 19.6. The Morgan fingerprint density at radius 1 is 1.15 bits per heavy atom. The van der Waals surface area contributed by atoms with Crippen LogP contribution >= 0.6 is 11.6 Å². The molecular weight excluding hydrogens is 373 g/mol. The quantitative estimate of drug-likeness (QED) is 0.673. The number of carboxylic acid groups (broad SMARTS) is 1. The maximum Gasteiger partial charge on any atom is 0.341 e. The van der Waals surface area contributed by atoms with Gasteiger partial charge in [0, 0.05) is 12.3 Å². The molecule has 2 heterocycles. The van der Waals surface area contributed by atoms with Gasteiger partial charge in [0.2, 0.25) is 5.43 Å². The number of fused-ring (bicyclic) bond motifs is 1. The van der Waals surface area contributed by atoms with E-state index in [1.807, 2.05) is 13.8 Å². The van der Waals surface area contributed by atoms with Gasteiger partial charge in [0.05, 0.1) is 11.1 Å². The van der Waals surface area contributed by atoms with Gasteiger partial charge < -0.3 is 5.11 Å². The van der Waals surface area contributed by atoms with E-state index in [1.54, 1.807) is 0 Å². The standard InChI is InChI=1S/C15H6ClF3N2O3.C2H6/c16-13-10(19)4-7-12(22)8(15(23)24)5-21(14(7)20-13)11-2-1-6(17)3-9(11)18;1-2/h1-5H,(H,23,24);1-2H3. The van der Waals surface area contributed by atoms with Crippen molar-refractivity contribution in [3.05, 3.63) is 68.9 Å². The van der Waals surface area contributed by atoms with Crippen LogP contribution in [-0.4, -0.2) is 20.6 Å². The van der Waals surface area contributed by atoms with E-state index in [4.69, 9.17) is 16.7 Å². The Balaban J connectivity index is 0.00000117. The van der Waals surface area contributed by atoms with Crippen molar-refractivity contribution in [2.45, 2.75) is 13.8 Å². The van der Waals surface area contributed by atoms with Crippen LogP contribution in [0.25, 0.3) is 16.7 Å². The van der Waals surface area contributed by atoms with Crippen molar-refractivity contribution in [1.29, 1.82) is 0 Å². The summed E-state index contributed by atoms with van der Waals surface area (Å²) in [6.07, 6.45) is 0.824. The van der Waals surface area contributed by atoms with Crippen molar-refractivity contribution < 1.29 is 23.1 Å². The summed E-state index contributed by atoms with van der Waals surface area (Å²) in [6.45, 7) is 4.00. The first-order valence-electron chi connectivity index (χ1n) is 7.39. The lowest BCUT2D eigenvalue weighted by molar-refractivity contribution is 0.0695. The van der Waals surface area contributed by atoms with Gasteiger partial charge in [-0.25, -0.2) is 22.9 Å². The van der Waals surface area contributed by atoms with Gasteiger partial charge in [-0.15, -0.1) is 0 Å². The first-order chi connectivity index (χ1) is 12.3. The van der Waals surface area contributed by atoms with Crippen LogP contribution in [0.1, 0.15) is 24.2 Å². The predicted molar refractivity (Wildman–Crippen MR) is 90.5 cm³/mol. The van der Waals surface area contributed by atoms with E-state index < -0.39 is 45.0 Å². The van der Waals surface area contributed by atoms with Crippen LogP contribution in [0.4, 0.5) is 13.2 Å². The third-order valence-electron chi connectivity index (χ3n) is 3.29. The predicted octanol–water partition coefficient (Wildman–Crippen LogP) is 4.18. The average molecular weight is 385 g/mol. The SMILES string of the molecule is CC.O=C(O)c1cn(-c2ccc(F)cc2F)c2nc(Cl)c(F)cc2c1=O. The molecule has 9 heteroatoms. The lowest BCUT2D eigenvalue weighted by Crippen LogP contribution is -2.19. The second-order valence-corrected chi connectivity index (χ2v) is 5.13. The van der Waals surface area contributed by atoms with E-state index in [9.17, 15) is 22.8 Å². The molecule has 0 bridgehead atoms. The topological polar surface area (TPSA) is 72.2 Å². The fraction of sp³-hybridized carbons (Fsp3) is 0.118. The molecule has 0 aliphatic carbocycles. The first kappa shape index (κ1) is 19.5. The van der Waals surface area contributed by atoms with Gasteiger partial charge in [0.1, 0.15) is 17.2 Å². The lowest BCUT2D eigenvalue weighted by atomic mass is 10.1. The van der Waals surface area contributed by atoms with Crippen LogP contribution in [0.2, 0.25) is 5.15 Å². The Hall–Kier alpha value is -2.87. The highest BCUT2D eigenvalue weighted by Crippen LogP contribution is 2.23. The second-order valence-electron chi connectivity index (χ2n) is 4.77. The summed E-state index contributed by atoms with van der Waals surface area (Å²) in [6, 6.07) is 3.26. The van der Waals surface area contributed by atoms with Gasteiger partial charge in [-0.2, -0.15) is 0 Å². The zero-order valence-electron chi connectivity index (χ0n) is 13.6. The van der Waals surface area contributed by atoms with Crippen molar-refractivity contribution in [1.82, 2.24) is 9.55 Å². The summed E-state index contributed by atoms with van der Waals surface area (Å²) in [5, 5.41) is 8.14. The molecule has 1 N–H and O–H groups in total. The molecule has 0 fully saturated rings. The number of aromatic nitrogens is 2. The first-order valence-corrected chi connectivity index (χ1v) is 7.77. The molecule has 0 aliphatic rings. The molecule has 136 valence electrons. The van der Waals surface area contributed by atoms with Crippen molar-refractivity contribution in [2.24, 2.45) is 0 Å². The molecule has 0 unspecified atom stereocenters. The molecule has 0 spiro atoms. The molecule has 0 radical (unpaired) electrons. The van der Waals surface area contributed by atoms with Crippen molar-refractivity contribution in [3.8, 4) is 5.69 Å². The third kappa shape index (κ3) is 3.41. The maximum atomic E-state index is 14.1. The number of nitrogens with zero attached hydrogens (tertiary/aromatic N) is 2. The van der Waals surface area contributed by atoms with Crippen molar-refractivity contribution in [3.63, 3.8) is 0 Å². The van der Waals surface area contributed by atoms with Gasteiger partial charge in [-0.3, -0.25) is 9.36 Å². The number of pyridine rings is 2. The molecular formula is C17H12ClF3N2O3. The van der Waals surface area contributed by atoms with Crippen molar-refractivity contribution >= 4 is 28.6 Å². The summed E-state index contributed by atoms with van der Waals surface area (Å²) in [5.41, 5.74) is -2.27. The maximum absolute atomic E-state index is 14.1. The van der Waals surface area contributed by atoms with Crippen LogP contribution in [0.3, 0.4) is 0 Å². The summed E-state index contributed by atoms with van der Waals surface area (Å²) >= 11 is 5.60. The smallest absolute Gasteiger partial charge is 0.341 e. The van der Waals surface area contributed by atoms with E-state index in [0.717, 1.165) is 29.0 Å². The fourth-order valence-electron chi connectivity index (χ4n) is 2.21.